The van der Waals surface area contributed by atoms with Gasteiger partial charge in [-0.3, -0.25) is 43.5 Å². The SMILES string of the molecule is CC(C)(C)CCC1CCN(c2ccc3c(n2)N2C[C@@H](CCCNc4cccc(n4)S(=O)(=O)NC3=O)CC2(C)C)C1=O.CC(C)(C)CCC1CCN(c2ccc3c(n2)N2C[C@@H](CCCNc4cccc(n4)S(=O)(=O)NC3=O)CC2(C)C)C1=O.CC(C)(C)CCC1CCN(c2ccc3c(n2)N2C[C@@H](CCCNc4cccc(n4)S(=O)(=O)NC3=O)CC2(C)C)C1=O. The third-order valence-corrected chi connectivity index (χ3v) is 29.1. The van der Waals surface area contributed by atoms with E-state index in [9.17, 15) is 54.0 Å². The highest BCUT2D eigenvalue weighted by atomic mass is 32.2. The van der Waals surface area contributed by atoms with E-state index in [-0.39, 0.29) is 100 Å². The first-order valence-corrected chi connectivity index (χ1v) is 48.3. The molecule has 0 radical (unpaired) electrons. The van der Waals surface area contributed by atoms with Crippen molar-refractivity contribution < 1.29 is 54.0 Å². The smallest absolute Gasteiger partial charge is 0.281 e. The van der Waals surface area contributed by atoms with Crippen LogP contribution in [0.25, 0.3) is 0 Å². The molecule has 3 unspecified atom stereocenters. The van der Waals surface area contributed by atoms with Crippen LogP contribution < -0.4 is 59.5 Å². The van der Waals surface area contributed by atoms with Gasteiger partial charge < -0.3 is 30.7 Å². The summed E-state index contributed by atoms with van der Waals surface area (Å²) in [7, 11) is -12.7. The van der Waals surface area contributed by atoms with Crippen LogP contribution in [0.5, 0.6) is 0 Å². The number of hydrogen-bond donors (Lipinski definition) is 6. The van der Waals surface area contributed by atoms with E-state index >= 15 is 0 Å². The second-order valence-electron chi connectivity index (χ2n) is 40.4. The van der Waals surface area contributed by atoms with Gasteiger partial charge in [-0.15, -0.1) is 0 Å². The number of amides is 6. The van der Waals surface area contributed by atoms with Gasteiger partial charge in [0, 0.05) is 93.3 Å². The first-order valence-electron chi connectivity index (χ1n) is 43.8. The number of fused-ring (bicyclic) bond motifs is 18. The molecule has 15 rings (SSSR count). The number of nitrogens with one attached hydrogen (secondary N) is 6. The Labute approximate surface area is 726 Å². The number of anilines is 9. The van der Waals surface area contributed by atoms with Crippen LogP contribution in [0, 0.1) is 51.8 Å². The van der Waals surface area contributed by atoms with E-state index < -0.39 is 47.8 Å². The van der Waals surface area contributed by atoms with Crippen molar-refractivity contribution in [1.82, 2.24) is 44.1 Å². The third kappa shape index (κ3) is 21.7. The van der Waals surface area contributed by atoms with Crippen molar-refractivity contribution >= 4 is 118 Å². The Kier molecular flexibility index (Phi) is 26.5. The van der Waals surface area contributed by atoms with Crippen molar-refractivity contribution in [2.75, 3.05) is 104 Å². The predicted octanol–water partition coefficient (Wildman–Crippen LogP) is 13.8. The zero-order valence-corrected chi connectivity index (χ0v) is 76.7. The summed E-state index contributed by atoms with van der Waals surface area (Å²) < 4.78 is 85.8. The maximum absolute atomic E-state index is 13.6. The van der Waals surface area contributed by atoms with Crippen molar-refractivity contribution in [2.45, 2.75) is 251 Å². The van der Waals surface area contributed by atoms with Crippen LogP contribution in [-0.2, 0) is 44.5 Å². The number of rotatable bonds is 9. The molecule has 6 aromatic heterocycles. The third-order valence-electron chi connectivity index (χ3n) is 25.4. The molecule has 0 spiro atoms. The maximum atomic E-state index is 13.6. The molecule has 6 atom stereocenters. The summed E-state index contributed by atoms with van der Waals surface area (Å²) in [5, 5.41) is 8.93. The van der Waals surface area contributed by atoms with Gasteiger partial charge in [0.2, 0.25) is 17.7 Å². The maximum Gasteiger partial charge on any atom is 0.281 e. The zero-order chi connectivity index (χ0) is 88.7. The van der Waals surface area contributed by atoms with E-state index in [4.69, 9.17) is 15.0 Å². The van der Waals surface area contributed by atoms with Gasteiger partial charge in [0.15, 0.2) is 15.1 Å². The lowest BCUT2D eigenvalue weighted by molar-refractivity contribution is -0.121. The number of carbonyl (C=O) groups is 6. The molecule has 6 amide bonds. The summed E-state index contributed by atoms with van der Waals surface area (Å²) in [5.41, 5.74) is -0.0141. The number of hydrogen-bond acceptors (Lipinski definition) is 24. The van der Waals surface area contributed by atoms with Crippen molar-refractivity contribution in [2.24, 2.45) is 51.8 Å². The second kappa shape index (κ2) is 35.8. The molecule has 6 aromatic rings. The Morgan fingerprint density at radius 2 is 0.618 bits per heavy atom. The van der Waals surface area contributed by atoms with E-state index in [0.29, 0.717) is 129 Å². The van der Waals surface area contributed by atoms with E-state index in [2.05, 4.69) is 164 Å². The molecular formula is C90H126N18O12S3. The van der Waals surface area contributed by atoms with Gasteiger partial charge in [-0.05, 0) is 264 Å². The van der Waals surface area contributed by atoms with E-state index in [1.54, 1.807) is 87.5 Å². The fourth-order valence-electron chi connectivity index (χ4n) is 18.8. The second-order valence-corrected chi connectivity index (χ2v) is 45.3. The fraction of sp³-hybridized carbons (Fsp3) is 0.600. The Bertz CT molecular complexity index is 4820. The Morgan fingerprint density at radius 1 is 0.358 bits per heavy atom. The number of carbonyl (C=O) groups excluding carboxylic acids is 6. The molecule has 6 saturated heterocycles. The van der Waals surface area contributed by atoms with Gasteiger partial charge in [0.25, 0.3) is 47.8 Å². The molecule has 6 fully saturated rings. The number of sulfonamides is 3. The molecule has 123 heavy (non-hydrogen) atoms. The molecule has 9 aliphatic rings. The summed E-state index contributed by atoms with van der Waals surface area (Å²) in [6.07, 6.45) is 16.0. The quantitative estimate of drug-likeness (QED) is 0.0783. The van der Waals surface area contributed by atoms with Gasteiger partial charge in [0.05, 0.1) is 16.7 Å². The van der Waals surface area contributed by atoms with Crippen LogP contribution in [0.2, 0.25) is 0 Å². The van der Waals surface area contributed by atoms with Crippen LogP contribution in [0.1, 0.15) is 251 Å². The number of nitrogens with zero attached hydrogens (tertiary/aromatic N) is 12. The molecule has 33 heteroatoms. The summed E-state index contributed by atoms with van der Waals surface area (Å²) in [4.78, 5) is 120. The molecule has 0 saturated carbocycles. The molecular weight excluding hydrogens is 1620 g/mol. The topological polar surface area (TPSA) is 374 Å². The lowest BCUT2D eigenvalue weighted by Gasteiger charge is -2.34. The zero-order valence-electron chi connectivity index (χ0n) is 74.2. The molecule has 0 aliphatic carbocycles. The summed E-state index contributed by atoms with van der Waals surface area (Å²) >= 11 is 0. The Morgan fingerprint density at radius 3 is 0.870 bits per heavy atom. The highest BCUT2D eigenvalue weighted by molar-refractivity contribution is 7.90. The van der Waals surface area contributed by atoms with Crippen LogP contribution in [-0.4, -0.2) is 166 Å². The van der Waals surface area contributed by atoms with Crippen molar-refractivity contribution in [3.8, 4) is 0 Å². The molecule has 12 bridgehead atoms. The van der Waals surface area contributed by atoms with Crippen LogP contribution in [0.15, 0.2) is 106 Å². The Hall–Kier alpha value is -9.63. The number of pyridine rings is 6. The lowest BCUT2D eigenvalue weighted by Crippen LogP contribution is -2.41. The molecule has 30 nitrogen and oxygen atoms in total. The minimum Gasteiger partial charge on any atom is -0.370 e. The molecule has 0 aromatic carbocycles. The van der Waals surface area contributed by atoms with Gasteiger partial charge in [-0.1, -0.05) is 80.5 Å². The highest BCUT2D eigenvalue weighted by Gasteiger charge is 2.47. The fourth-order valence-corrected chi connectivity index (χ4v) is 21.6. The van der Waals surface area contributed by atoms with Crippen LogP contribution in [0.3, 0.4) is 0 Å². The standard InChI is InChI=1S/3C30H42N6O4S/c3*1-29(2,3)15-13-21-14-17-35(28(21)38)24-12-11-22-26(33-24)36-19-20(18-30(36,4)5)8-7-16-31-23-9-6-10-25(32-23)41(39,40)34-27(22)37/h3*6,9-12,20-21H,7-8,13-19H2,1-5H3,(H,31,32)(H,34,37)/t3*20-,21?/m000/s1. The van der Waals surface area contributed by atoms with E-state index in [1.807, 2.05) is 0 Å². The largest absolute Gasteiger partial charge is 0.370 e. The lowest BCUT2D eigenvalue weighted by atomic mass is 9.86. The predicted molar refractivity (Wildman–Crippen MR) is 479 cm³/mol. The summed E-state index contributed by atoms with van der Waals surface area (Å²) in [5.74, 6) is 2.88. The van der Waals surface area contributed by atoms with Gasteiger partial charge in [0.1, 0.15) is 52.4 Å². The monoisotopic (exact) mass is 1750 g/mol. The normalized spacial score (nSPS) is 24.2. The molecule has 9 aliphatic heterocycles. The first kappa shape index (κ1) is 91.1. The van der Waals surface area contributed by atoms with E-state index in [0.717, 1.165) is 116 Å². The molecule has 6 N–H and O–H groups in total. The van der Waals surface area contributed by atoms with Crippen LogP contribution in [0.4, 0.5) is 52.4 Å². The number of aromatic nitrogens is 6. The van der Waals surface area contributed by atoms with Gasteiger partial charge in [-0.25, -0.2) is 44.1 Å². The minimum absolute atomic E-state index is 0.0495. The molecule has 15 heterocycles. The first-order chi connectivity index (χ1) is 57.7. The minimum atomic E-state index is -4.24. The van der Waals surface area contributed by atoms with Crippen LogP contribution >= 0.6 is 0 Å². The van der Waals surface area contributed by atoms with Crippen molar-refractivity contribution in [1.29, 1.82) is 0 Å². The van der Waals surface area contributed by atoms with Crippen molar-refractivity contribution in [3.63, 3.8) is 0 Å². The van der Waals surface area contributed by atoms with Gasteiger partial charge in [-0.2, -0.15) is 25.3 Å². The molecule has 666 valence electrons. The van der Waals surface area contributed by atoms with E-state index in [1.165, 1.54) is 18.2 Å². The van der Waals surface area contributed by atoms with Gasteiger partial charge >= 0.3 is 0 Å². The Balaban J connectivity index is 0.000000159. The van der Waals surface area contributed by atoms with Crippen molar-refractivity contribution in [3.05, 3.63) is 108 Å². The summed E-state index contributed by atoms with van der Waals surface area (Å²) in [6.45, 7) is 38.1. The highest BCUT2D eigenvalue weighted by Crippen LogP contribution is 2.46. The summed E-state index contributed by atoms with van der Waals surface area (Å²) in [6, 6.07) is 23.8. The average Bonchev–Trinajstić information content (AvgIpc) is 1.67. The average molecular weight is 1750 g/mol.